The van der Waals surface area contributed by atoms with Crippen LogP contribution in [0, 0.1) is 15.9 Å². The highest BCUT2D eigenvalue weighted by atomic mass is 79.9. The number of hydrogen-bond donors (Lipinski definition) is 2. The molecule has 0 aliphatic carbocycles. The first-order chi connectivity index (χ1) is 9.88. The number of carbonyl (C=O) groups is 1. The summed E-state index contributed by atoms with van der Waals surface area (Å²) in [5.41, 5.74) is -0.886. The summed E-state index contributed by atoms with van der Waals surface area (Å²) in [6.45, 7) is 0. The molecule has 0 aliphatic rings. The molecule has 0 atom stereocenters. The first-order valence-electron chi connectivity index (χ1n) is 5.48. The Morgan fingerprint density at radius 3 is 2.71 bits per heavy atom. The lowest BCUT2D eigenvalue weighted by atomic mass is 10.2. The predicted molar refractivity (Wildman–Crippen MR) is 75.2 cm³/mol. The summed E-state index contributed by atoms with van der Waals surface area (Å²) in [5, 5.41) is 22.2. The van der Waals surface area contributed by atoms with Gasteiger partial charge < -0.3 is 10.4 Å². The Labute approximate surface area is 125 Å². The van der Waals surface area contributed by atoms with E-state index in [4.69, 9.17) is 5.11 Å². The SMILES string of the molecule is O=C(O)c1cc([N+](=O)[O-])cnc1Nc1ccc(Br)cc1F. The molecule has 0 spiro atoms. The highest BCUT2D eigenvalue weighted by Crippen LogP contribution is 2.26. The summed E-state index contributed by atoms with van der Waals surface area (Å²) in [4.78, 5) is 24.7. The van der Waals surface area contributed by atoms with Gasteiger partial charge in [0.15, 0.2) is 0 Å². The first-order valence-corrected chi connectivity index (χ1v) is 6.27. The van der Waals surface area contributed by atoms with Crippen LogP contribution < -0.4 is 5.32 Å². The number of rotatable bonds is 4. The van der Waals surface area contributed by atoms with Gasteiger partial charge in [0, 0.05) is 10.5 Å². The van der Waals surface area contributed by atoms with Crippen LogP contribution in [0.2, 0.25) is 0 Å². The maximum absolute atomic E-state index is 13.7. The molecule has 108 valence electrons. The van der Waals surface area contributed by atoms with Gasteiger partial charge in [-0.1, -0.05) is 15.9 Å². The normalized spacial score (nSPS) is 10.2. The molecule has 0 aliphatic heterocycles. The third kappa shape index (κ3) is 3.31. The summed E-state index contributed by atoms with van der Waals surface area (Å²) < 4.78 is 14.2. The number of hydrogen-bond acceptors (Lipinski definition) is 5. The molecule has 0 radical (unpaired) electrons. The summed E-state index contributed by atoms with van der Waals surface area (Å²) >= 11 is 3.09. The molecule has 0 fully saturated rings. The minimum Gasteiger partial charge on any atom is -0.478 e. The van der Waals surface area contributed by atoms with Crippen molar-refractivity contribution in [3.05, 3.63) is 56.4 Å². The highest BCUT2D eigenvalue weighted by molar-refractivity contribution is 9.10. The molecule has 1 aromatic carbocycles. The second kappa shape index (κ2) is 5.83. The van der Waals surface area contributed by atoms with Gasteiger partial charge in [0.1, 0.15) is 23.4 Å². The molecule has 0 saturated heterocycles. The predicted octanol–water partition coefficient (Wildman–Crippen LogP) is 3.33. The molecule has 2 aromatic rings. The molecule has 0 unspecified atom stereocenters. The third-order valence-corrected chi connectivity index (χ3v) is 2.99. The lowest BCUT2D eigenvalue weighted by Gasteiger charge is -2.09. The van der Waals surface area contributed by atoms with Gasteiger partial charge >= 0.3 is 5.97 Å². The van der Waals surface area contributed by atoms with Crippen molar-refractivity contribution in [1.82, 2.24) is 4.98 Å². The van der Waals surface area contributed by atoms with E-state index in [0.717, 1.165) is 12.3 Å². The van der Waals surface area contributed by atoms with Crippen LogP contribution >= 0.6 is 15.9 Å². The standard InChI is InChI=1S/C12H7BrFN3O4/c13-6-1-2-10(9(14)3-6)16-11-8(12(18)19)4-7(5-15-11)17(20)21/h1-5H,(H,15,16)(H,18,19). The third-order valence-electron chi connectivity index (χ3n) is 2.50. The Morgan fingerprint density at radius 1 is 1.43 bits per heavy atom. The van der Waals surface area contributed by atoms with Crippen LogP contribution in [0.4, 0.5) is 21.6 Å². The van der Waals surface area contributed by atoms with Crippen LogP contribution in [0.15, 0.2) is 34.9 Å². The second-order valence-corrected chi connectivity index (χ2v) is 4.82. The molecule has 0 amide bonds. The minimum absolute atomic E-state index is 0.00190. The quantitative estimate of drug-likeness (QED) is 0.643. The van der Waals surface area contributed by atoms with Crippen molar-refractivity contribution in [3.8, 4) is 0 Å². The van der Waals surface area contributed by atoms with Crippen LogP contribution in [-0.4, -0.2) is 21.0 Å². The molecule has 7 nitrogen and oxygen atoms in total. The fourth-order valence-corrected chi connectivity index (χ4v) is 1.87. The Kier molecular flexibility index (Phi) is 4.13. The molecule has 9 heteroatoms. The minimum atomic E-state index is -1.41. The molecule has 1 aromatic heterocycles. The molecule has 0 bridgehead atoms. The summed E-state index contributed by atoms with van der Waals surface area (Å²) in [7, 11) is 0. The highest BCUT2D eigenvalue weighted by Gasteiger charge is 2.18. The van der Waals surface area contributed by atoms with Crippen molar-refractivity contribution in [1.29, 1.82) is 0 Å². The van der Waals surface area contributed by atoms with Crippen LogP contribution in [0.5, 0.6) is 0 Å². The Balaban J connectivity index is 2.44. The van der Waals surface area contributed by atoms with E-state index in [9.17, 15) is 19.3 Å². The molecule has 21 heavy (non-hydrogen) atoms. The summed E-state index contributed by atoms with van der Waals surface area (Å²) in [6.07, 6.45) is 0.894. The second-order valence-electron chi connectivity index (χ2n) is 3.90. The number of aromatic nitrogens is 1. The number of nitrogens with zero attached hydrogens (tertiary/aromatic N) is 2. The molecule has 1 heterocycles. The van der Waals surface area contributed by atoms with Gasteiger partial charge in [0.05, 0.1) is 10.6 Å². The number of carboxylic acid groups (broad SMARTS) is 1. The average molecular weight is 356 g/mol. The van der Waals surface area contributed by atoms with Gasteiger partial charge in [-0.2, -0.15) is 0 Å². The van der Waals surface area contributed by atoms with Crippen molar-refractivity contribution >= 4 is 39.1 Å². The molecule has 2 N–H and O–H groups in total. The number of aromatic carboxylic acids is 1. The number of nitro groups is 1. The van der Waals surface area contributed by atoms with E-state index in [2.05, 4.69) is 26.2 Å². The number of anilines is 2. The molecular formula is C12H7BrFN3O4. The van der Waals surface area contributed by atoms with E-state index in [1.807, 2.05) is 0 Å². The van der Waals surface area contributed by atoms with Gasteiger partial charge in [-0.3, -0.25) is 10.1 Å². The van der Waals surface area contributed by atoms with Crippen LogP contribution in [-0.2, 0) is 0 Å². The fraction of sp³-hybridized carbons (Fsp3) is 0. The summed E-state index contributed by atoms with van der Waals surface area (Å²) in [6, 6.07) is 4.98. The van der Waals surface area contributed by atoms with Crippen molar-refractivity contribution in [2.75, 3.05) is 5.32 Å². The number of halogens is 2. The van der Waals surface area contributed by atoms with Gasteiger partial charge in [0.25, 0.3) is 5.69 Å². The zero-order chi connectivity index (χ0) is 15.6. The zero-order valence-electron chi connectivity index (χ0n) is 10.2. The van der Waals surface area contributed by atoms with Crippen LogP contribution in [0.3, 0.4) is 0 Å². The fourth-order valence-electron chi connectivity index (χ4n) is 1.53. The van der Waals surface area contributed by atoms with Crippen molar-refractivity contribution in [3.63, 3.8) is 0 Å². The Morgan fingerprint density at radius 2 is 2.14 bits per heavy atom. The lowest BCUT2D eigenvalue weighted by molar-refractivity contribution is -0.385. The number of benzene rings is 1. The topological polar surface area (TPSA) is 105 Å². The van der Waals surface area contributed by atoms with E-state index in [-0.39, 0.29) is 11.5 Å². The monoisotopic (exact) mass is 355 g/mol. The Bertz CT molecular complexity index is 738. The van der Waals surface area contributed by atoms with E-state index in [1.165, 1.54) is 12.1 Å². The number of carboxylic acids is 1. The largest absolute Gasteiger partial charge is 0.478 e. The maximum atomic E-state index is 13.7. The van der Waals surface area contributed by atoms with Crippen molar-refractivity contribution < 1.29 is 19.2 Å². The van der Waals surface area contributed by atoms with Gasteiger partial charge in [-0.15, -0.1) is 0 Å². The van der Waals surface area contributed by atoms with Gasteiger partial charge in [-0.25, -0.2) is 14.2 Å². The van der Waals surface area contributed by atoms with Crippen molar-refractivity contribution in [2.24, 2.45) is 0 Å². The number of nitrogens with one attached hydrogen (secondary N) is 1. The molecule has 2 rings (SSSR count). The lowest BCUT2D eigenvalue weighted by Crippen LogP contribution is -2.07. The van der Waals surface area contributed by atoms with E-state index in [0.29, 0.717) is 4.47 Å². The maximum Gasteiger partial charge on any atom is 0.339 e. The van der Waals surface area contributed by atoms with Crippen LogP contribution in [0.1, 0.15) is 10.4 Å². The number of pyridine rings is 1. The van der Waals surface area contributed by atoms with Crippen molar-refractivity contribution in [2.45, 2.75) is 0 Å². The summed E-state index contributed by atoms with van der Waals surface area (Å²) in [5.74, 6) is -2.22. The smallest absolute Gasteiger partial charge is 0.339 e. The van der Waals surface area contributed by atoms with Gasteiger partial charge in [-0.05, 0) is 18.2 Å². The molecule has 0 saturated carbocycles. The van der Waals surface area contributed by atoms with E-state index < -0.39 is 28.0 Å². The van der Waals surface area contributed by atoms with Crippen LogP contribution in [0.25, 0.3) is 0 Å². The van der Waals surface area contributed by atoms with E-state index in [1.54, 1.807) is 6.07 Å². The first kappa shape index (κ1) is 14.9. The molecular weight excluding hydrogens is 349 g/mol. The van der Waals surface area contributed by atoms with Gasteiger partial charge in [0.2, 0.25) is 0 Å². The Hall–Kier alpha value is -2.55. The van der Waals surface area contributed by atoms with E-state index >= 15 is 0 Å². The average Bonchev–Trinajstić information content (AvgIpc) is 2.41. The zero-order valence-corrected chi connectivity index (χ0v) is 11.8.